The summed E-state index contributed by atoms with van der Waals surface area (Å²) in [6.07, 6.45) is 4.98. The van der Waals surface area contributed by atoms with Crippen LogP contribution >= 0.6 is 0 Å². The minimum Gasteiger partial charge on any atom is -0.508 e. The van der Waals surface area contributed by atoms with Crippen LogP contribution in [0.15, 0.2) is 53.4 Å². The van der Waals surface area contributed by atoms with E-state index in [-0.39, 0.29) is 5.75 Å². The van der Waals surface area contributed by atoms with E-state index in [1.165, 1.54) is 0 Å². The molecule has 1 N–H and O–H groups in total. The molecule has 3 aromatic rings. The molecule has 100 valence electrons. The number of aromatic nitrogens is 2. The maximum absolute atomic E-state index is 9.64. The van der Waals surface area contributed by atoms with Crippen LogP contribution in [0.25, 0.3) is 22.5 Å². The molecule has 3 rings (SSSR count). The van der Waals surface area contributed by atoms with Gasteiger partial charge in [0.25, 0.3) is 0 Å². The van der Waals surface area contributed by atoms with Crippen molar-refractivity contribution in [3.8, 4) is 33.9 Å². The quantitative estimate of drug-likeness (QED) is 0.790. The largest absolute Gasteiger partial charge is 0.508 e. The predicted octanol–water partition coefficient (Wildman–Crippen LogP) is 3.12. The number of hydrogen-bond acceptors (Lipinski definition) is 5. The molecule has 0 aliphatic carbocycles. The van der Waals surface area contributed by atoms with Crippen molar-refractivity contribution in [1.82, 2.24) is 10.1 Å². The van der Waals surface area contributed by atoms with Crippen LogP contribution < -0.4 is 4.74 Å². The first-order chi connectivity index (χ1) is 9.78. The van der Waals surface area contributed by atoms with Gasteiger partial charge in [-0.05, 0) is 24.3 Å². The lowest BCUT2D eigenvalue weighted by molar-refractivity contribution is 0.414. The zero-order valence-corrected chi connectivity index (χ0v) is 10.8. The molecule has 20 heavy (non-hydrogen) atoms. The van der Waals surface area contributed by atoms with E-state index in [1.54, 1.807) is 50.0 Å². The van der Waals surface area contributed by atoms with Gasteiger partial charge in [-0.2, -0.15) is 0 Å². The summed E-state index contributed by atoms with van der Waals surface area (Å²) >= 11 is 0. The fourth-order valence-corrected chi connectivity index (χ4v) is 2.01. The van der Waals surface area contributed by atoms with E-state index >= 15 is 0 Å². The second-order valence-electron chi connectivity index (χ2n) is 4.22. The number of rotatable bonds is 3. The van der Waals surface area contributed by atoms with E-state index in [0.717, 1.165) is 16.7 Å². The Morgan fingerprint density at radius 2 is 1.95 bits per heavy atom. The van der Waals surface area contributed by atoms with Gasteiger partial charge >= 0.3 is 0 Å². The van der Waals surface area contributed by atoms with Gasteiger partial charge in [-0.15, -0.1) is 0 Å². The summed E-state index contributed by atoms with van der Waals surface area (Å²) < 4.78 is 10.4. The summed E-state index contributed by atoms with van der Waals surface area (Å²) in [5.74, 6) is 1.48. The lowest BCUT2D eigenvalue weighted by Crippen LogP contribution is -1.89. The number of phenols is 1. The van der Waals surface area contributed by atoms with Crippen LogP contribution in [0.5, 0.6) is 11.5 Å². The first-order valence-electron chi connectivity index (χ1n) is 6.01. The fraction of sp³-hybridized carbons (Fsp3) is 0.0667. The molecule has 2 aromatic heterocycles. The standard InChI is InChI=1S/C15H12N2O3/c1-19-15-3-2-12(18)7-13(15)10-6-11(9-16-8-10)14-4-5-17-20-14/h2-9,18H,1H3. The minimum absolute atomic E-state index is 0.172. The molecular weight excluding hydrogens is 256 g/mol. The zero-order chi connectivity index (χ0) is 13.9. The van der Waals surface area contributed by atoms with Gasteiger partial charge in [-0.3, -0.25) is 4.98 Å². The highest BCUT2D eigenvalue weighted by atomic mass is 16.5. The maximum atomic E-state index is 9.64. The van der Waals surface area contributed by atoms with Gasteiger partial charge in [0.1, 0.15) is 11.5 Å². The Balaban J connectivity index is 2.11. The number of aromatic hydroxyl groups is 1. The van der Waals surface area contributed by atoms with Gasteiger partial charge in [-0.1, -0.05) is 5.16 Å². The Morgan fingerprint density at radius 3 is 2.70 bits per heavy atom. The summed E-state index contributed by atoms with van der Waals surface area (Å²) in [5, 5.41) is 13.3. The van der Waals surface area contributed by atoms with E-state index in [1.807, 2.05) is 6.07 Å². The van der Waals surface area contributed by atoms with Crippen LogP contribution in [-0.2, 0) is 0 Å². The molecule has 0 aliphatic rings. The SMILES string of the molecule is COc1ccc(O)cc1-c1cncc(-c2ccno2)c1. The molecule has 0 aliphatic heterocycles. The number of phenolic OH excluding ortho intramolecular Hbond substituents is 1. The average Bonchev–Trinajstić information content (AvgIpc) is 3.01. The molecule has 5 nitrogen and oxygen atoms in total. The molecular formula is C15H12N2O3. The molecule has 0 atom stereocenters. The Hall–Kier alpha value is -2.82. The molecule has 2 heterocycles. The number of hydrogen-bond donors (Lipinski definition) is 1. The molecule has 0 spiro atoms. The monoisotopic (exact) mass is 268 g/mol. The molecule has 0 fully saturated rings. The van der Waals surface area contributed by atoms with Gasteiger partial charge in [0, 0.05) is 35.2 Å². The highest BCUT2D eigenvalue weighted by molar-refractivity contribution is 5.75. The van der Waals surface area contributed by atoms with Crippen LogP contribution in [0.2, 0.25) is 0 Å². The van der Waals surface area contributed by atoms with E-state index < -0.39 is 0 Å². The van der Waals surface area contributed by atoms with Crippen molar-refractivity contribution in [3.05, 3.63) is 48.9 Å². The topological polar surface area (TPSA) is 68.4 Å². The van der Waals surface area contributed by atoms with Crippen molar-refractivity contribution in [2.45, 2.75) is 0 Å². The van der Waals surface area contributed by atoms with Crippen molar-refractivity contribution in [2.75, 3.05) is 7.11 Å². The molecule has 0 saturated heterocycles. The van der Waals surface area contributed by atoms with Crippen molar-refractivity contribution in [1.29, 1.82) is 0 Å². The second-order valence-corrected chi connectivity index (χ2v) is 4.22. The average molecular weight is 268 g/mol. The summed E-state index contributed by atoms with van der Waals surface area (Å²) in [5.41, 5.74) is 2.40. The van der Waals surface area contributed by atoms with Crippen molar-refractivity contribution >= 4 is 0 Å². The summed E-state index contributed by atoms with van der Waals surface area (Å²) in [6.45, 7) is 0. The number of nitrogens with zero attached hydrogens (tertiary/aromatic N) is 2. The first kappa shape index (κ1) is 12.2. The zero-order valence-electron chi connectivity index (χ0n) is 10.8. The smallest absolute Gasteiger partial charge is 0.168 e. The minimum atomic E-state index is 0.172. The highest BCUT2D eigenvalue weighted by Crippen LogP contribution is 2.34. The van der Waals surface area contributed by atoms with Crippen molar-refractivity contribution in [2.24, 2.45) is 0 Å². The van der Waals surface area contributed by atoms with Crippen LogP contribution in [0, 0.1) is 0 Å². The summed E-state index contributed by atoms with van der Waals surface area (Å²) in [6, 6.07) is 8.60. The van der Waals surface area contributed by atoms with Gasteiger partial charge < -0.3 is 14.4 Å². The number of benzene rings is 1. The van der Waals surface area contributed by atoms with Crippen LogP contribution in [0.1, 0.15) is 0 Å². The van der Waals surface area contributed by atoms with Crippen LogP contribution in [0.3, 0.4) is 0 Å². The maximum Gasteiger partial charge on any atom is 0.168 e. The highest BCUT2D eigenvalue weighted by Gasteiger charge is 2.10. The number of pyridine rings is 1. The molecule has 0 bridgehead atoms. The number of ether oxygens (including phenoxy) is 1. The molecule has 5 heteroatoms. The second kappa shape index (κ2) is 5.05. The third kappa shape index (κ3) is 2.21. The lowest BCUT2D eigenvalue weighted by Gasteiger charge is -2.09. The van der Waals surface area contributed by atoms with Gasteiger partial charge in [0.2, 0.25) is 0 Å². The van der Waals surface area contributed by atoms with Crippen molar-refractivity contribution < 1.29 is 14.4 Å². The molecule has 0 amide bonds. The molecule has 0 saturated carbocycles. The Kier molecular flexibility index (Phi) is 3.09. The van der Waals surface area contributed by atoms with Gasteiger partial charge in [0.15, 0.2) is 5.76 Å². The Labute approximate surface area is 115 Å². The van der Waals surface area contributed by atoms with Gasteiger partial charge in [-0.25, -0.2) is 0 Å². The third-order valence-corrected chi connectivity index (χ3v) is 2.95. The predicted molar refractivity (Wildman–Crippen MR) is 73.4 cm³/mol. The van der Waals surface area contributed by atoms with E-state index in [4.69, 9.17) is 9.26 Å². The molecule has 1 aromatic carbocycles. The normalized spacial score (nSPS) is 10.4. The third-order valence-electron chi connectivity index (χ3n) is 2.95. The Bertz CT molecular complexity index is 724. The molecule has 0 radical (unpaired) electrons. The molecule has 0 unspecified atom stereocenters. The first-order valence-corrected chi connectivity index (χ1v) is 6.01. The van der Waals surface area contributed by atoms with Crippen molar-refractivity contribution in [3.63, 3.8) is 0 Å². The van der Waals surface area contributed by atoms with E-state index in [9.17, 15) is 5.11 Å². The van der Waals surface area contributed by atoms with Crippen LogP contribution in [0.4, 0.5) is 0 Å². The van der Waals surface area contributed by atoms with E-state index in [2.05, 4.69) is 10.1 Å². The fourth-order valence-electron chi connectivity index (χ4n) is 2.01. The number of methoxy groups -OCH3 is 1. The van der Waals surface area contributed by atoms with Crippen LogP contribution in [-0.4, -0.2) is 22.4 Å². The van der Waals surface area contributed by atoms with E-state index in [0.29, 0.717) is 11.5 Å². The lowest BCUT2D eigenvalue weighted by atomic mass is 10.0. The summed E-state index contributed by atoms with van der Waals surface area (Å²) in [4.78, 5) is 4.20. The summed E-state index contributed by atoms with van der Waals surface area (Å²) in [7, 11) is 1.59. The Morgan fingerprint density at radius 1 is 1.10 bits per heavy atom. The van der Waals surface area contributed by atoms with Gasteiger partial charge in [0.05, 0.1) is 13.3 Å².